The molecule has 0 aromatic carbocycles. The summed E-state index contributed by atoms with van der Waals surface area (Å²) in [5.41, 5.74) is -1.40. The van der Waals surface area contributed by atoms with Crippen LogP contribution in [0, 0.1) is 0 Å². The van der Waals surface area contributed by atoms with Crippen molar-refractivity contribution in [1.82, 2.24) is 0 Å². The van der Waals surface area contributed by atoms with Crippen LogP contribution < -0.4 is 0 Å². The standard InChI is InChI=1S/C9H18Cl2O5/c1-4(12)7(15)9(11,3-6(10)14)8(16)5(2)13/h4-8,12-16H,3H2,1-2H3. The number of alkyl halides is 2. The predicted octanol–water partition coefficient (Wildman–Crippen LogP) is -0.605. The first kappa shape index (κ1) is 16.4. The van der Waals surface area contributed by atoms with Crippen LogP contribution in [0.1, 0.15) is 20.3 Å². The second-order valence-electron chi connectivity index (χ2n) is 3.94. The maximum absolute atomic E-state index is 9.69. The van der Waals surface area contributed by atoms with E-state index in [1.807, 2.05) is 0 Å². The van der Waals surface area contributed by atoms with Crippen LogP contribution in [0.4, 0.5) is 0 Å². The van der Waals surface area contributed by atoms with Gasteiger partial charge in [-0.15, -0.1) is 11.6 Å². The molecule has 7 heteroatoms. The molecular weight excluding hydrogens is 259 g/mol. The van der Waals surface area contributed by atoms with Gasteiger partial charge >= 0.3 is 0 Å². The van der Waals surface area contributed by atoms with Gasteiger partial charge in [0.25, 0.3) is 0 Å². The van der Waals surface area contributed by atoms with E-state index in [4.69, 9.17) is 28.3 Å². The van der Waals surface area contributed by atoms with Gasteiger partial charge < -0.3 is 25.5 Å². The van der Waals surface area contributed by atoms with Crippen molar-refractivity contribution >= 4 is 23.2 Å². The first-order valence-corrected chi connectivity index (χ1v) is 5.67. The van der Waals surface area contributed by atoms with Crippen molar-refractivity contribution in [2.75, 3.05) is 0 Å². The number of halogens is 2. The van der Waals surface area contributed by atoms with Gasteiger partial charge in [0.2, 0.25) is 0 Å². The Morgan fingerprint density at radius 2 is 1.25 bits per heavy atom. The molecular formula is C9H18Cl2O5. The maximum atomic E-state index is 9.69. The van der Waals surface area contributed by atoms with Gasteiger partial charge in [-0.25, -0.2) is 0 Å². The Balaban J connectivity index is 5.01. The zero-order valence-corrected chi connectivity index (χ0v) is 10.6. The predicted molar refractivity (Wildman–Crippen MR) is 60.4 cm³/mol. The summed E-state index contributed by atoms with van der Waals surface area (Å²) < 4.78 is 0. The Morgan fingerprint density at radius 3 is 1.44 bits per heavy atom. The molecule has 0 aliphatic carbocycles. The van der Waals surface area contributed by atoms with Crippen molar-refractivity contribution in [2.45, 2.75) is 55.1 Å². The largest absolute Gasteiger partial charge is 0.391 e. The highest BCUT2D eigenvalue weighted by molar-refractivity contribution is 6.26. The van der Waals surface area contributed by atoms with E-state index >= 15 is 0 Å². The van der Waals surface area contributed by atoms with Crippen LogP contribution in [0.5, 0.6) is 0 Å². The molecule has 0 aromatic rings. The average Bonchev–Trinajstić information content (AvgIpc) is 2.13. The number of aliphatic hydroxyl groups excluding tert-OH is 5. The third-order valence-corrected chi connectivity index (χ3v) is 3.13. The zero-order valence-electron chi connectivity index (χ0n) is 9.09. The Kier molecular flexibility index (Phi) is 6.50. The van der Waals surface area contributed by atoms with Crippen molar-refractivity contribution in [2.24, 2.45) is 0 Å². The molecule has 0 spiro atoms. The topological polar surface area (TPSA) is 101 Å². The normalized spacial score (nSPS) is 25.3. The smallest absolute Gasteiger partial charge is 0.129 e. The van der Waals surface area contributed by atoms with Gasteiger partial charge in [0.05, 0.1) is 12.2 Å². The summed E-state index contributed by atoms with van der Waals surface area (Å²) in [4.78, 5) is -1.82. The van der Waals surface area contributed by atoms with E-state index in [-0.39, 0.29) is 6.42 Å². The van der Waals surface area contributed by atoms with E-state index in [1.54, 1.807) is 0 Å². The van der Waals surface area contributed by atoms with Gasteiger partial charge in [-0.1, -0.05) is 11.6 Å². The van der Waals surface area contributed by atoms with E-state index in [0.29, 0.717) is 0 Å². The molecule has 0 aliphatic rings. The average molecular weight is 277 g/mol. The van der Waals surface area contributed by atoms with E-state index in [9.17, 15) is 20.4 Å². The van der Waals surface area contributed by atoms with Crippen molar-refractivity contribution in [3.8, 4) is 0 Å². The zero-order chi connectivity index (χ0) is 13.1. The highest BCUT2D eigenvalue weighted by Gasteiger charge is 2.47. The van der Waals surface area contributed by atoms with Crippen molar-refractivity contribution in [3.63, 3.8) is 0 Å². The van der Waals surface area contributed by atoms with Crippen LogP contribution in [-0.2, 0) is 0 Å². The van der Waals surface area contributed by atoms with E-state index in [2.05, 4.69) is 0 Å². The number of aliphatic hydroxyl groups is 5. The van der Waals surface area contributed by atoms with Gasteiger partial charge in [0.1, 0.15) is 22.6 Å². The minimum Gasteiger partial charge on any atom is -0.391 e. The fourth-order valence-corrected chi connectivity index (χ4v) is 2.32. The highest BCUT2D eigenvalue weighted by Crippen LogP contribution is 2.34. The fourth-order valence-electron chi connectivity index (χ4n) is 1.48. The quantitative estimate of drug-likeness (QED) is 0.417. The Morgan fingerprint density at radius 1 is 0.938 bits per heavy atom. The summed E-state index contributed by atoms with van der Waals surface area (Å²) in [5, 5.41) is 46.9. The molecule has 5 unspecified atom stereocenters. The molecule has 0 rings (SSSR count). The molecule has 16 heavy (non-hydrogen) atoms. The van der Waals surface area contributed by atoms with Gasteiger partial charge in [0, 0.05) is 6.42 Å². The SMILES string of the molecule is CC(O)C(O)C(Cl)(CC(O)Cl)C(O)C(C)O. The van der Waals surface area contributed by atoms with Crippen molar-refractivity contribution < 1.29 is 25.5 Å². The van der Waals surface area contributed by atoms with Gasteiger partial charge in [-0.3, -0.25) is 0 Å². The minimum atomic E-state index is -1.82. The van der Waals surface area contributed by atoms with E-state index in [0.717, 1.165) is 0 Å². The minimum absolute atomic E-state index is 0.381. The molecule has 0 saturated heterocycles. The summed E-state index contributed by atoms with van der Waals surface area (Å²) >= 11 is 11.3. The molecule has 0 radical (unpaired) electrons. The summed E-state index contributed by atoms with van der Waals surface area (Å²) in [5.74, 6) is 0. The lowest BCUT2D eigenvalue weighted by molar-refractivity contribution is -0.0781. The van der Waals surface area contributed by atoms with Gasteiger partial charge in [-0.2, -0.15) is 0 Å². The second-order valence-corrected chi connectivity index (χ2v) is 5.14. The Labute approximate surface area is 104 Å². The summed E-state index contributed by atoms with van der Waals surface area (Å²) in [6.45, 7) is 2.55. The molecule has 0 bridgehead atoms. The molecule has 5 atom stereocenters. The molecule has 5 N–H and O–H groups in total. The third kappa shape index (κ3) is 4.00. The Bertz CT molecular complexity index is 196. The van der Waals surface area contributed by atoms with Crippen molar-refractivity contribution in [1.29, 1.82) is 0 Å². The number of hydrogen-bond acceptors (Lipinski definition) is 5. The van der Waals surface area contributed by atoms with Gasteiger partial charge in [0.15, 0.2) is 0 Å². The molecule has 0 heterocycles. The van der Waals surface area contributed by atoms with E-state index in [1.165, 1.54) is 13.8 Å². The number of hydrogen-bond donors (Lipinski definition) is 5. The second kappa shape index (κ2) is 6.35. The highest BCUT2D eigenvalue weighted by atomic mass is 35.5. The molecule has 0 aromatic heterocycles. The molecule has 0 saturated carbocycles. The lowest BCUT2D eigenvalue weighted by Crippen LogP contribution is -2.56. The van der Waals surface area contributed by atoms with E-state index < -0.39 is 34.9 Å². The first-order valence-electron chi connectivity index (χ1n) is 4.86. The summed E-state index contributed by atoms with van der Waals surface area (Å²) in [6.07, 6.45) is -5.92. The van der Waals surface area contributed by atoms with Crippen LogP contribution in [0.15, 0.2) is 0 Å². The maximum Gasteiger partial charge on any atom is 0.129 e. The summed E-state index contributed by atoms with van der Waals surface area (Å²) in [6, 6.07) is 0. The summed E-state index contributed by atoms with van der Waals surface area (Å²) in [7, 11) is 0. The van der Waals surface area contributed by atoms with Crippen LogP contribution in [0.25, 0.3) is 0 Å². The fraction of sp³-hybridized carbons (Fsp3) is 1.00. The van der Waals surface area contributed by atoms with Crippen LogP contribution in [0.3, 0.4) is 0 Å². The van der Waals surface area contributed by atoms with Crippen molar-refractivity contribution in [3.05, 3.63) is 0 Å². The lowest BCUT2D eigenvalue weighted by atomic mass is 9.86. The molecule has 0 amide bonds. The molecule has 5 nitrogen and oxygen atoms in total. The molecule has 0 fully saturated rings. The Hall–Kier alpha value is 0.380. The first-order chi connectivity index (χ1) is 7.12. The molecule has 0 aliphatic heterocycles. The van der Waals surface area contributed by atoms with Crippen LogP contribution in [0.2, 0.25) is 0 Å². The lowest BCUT2D eigenvalue weighted by Gasteiger charge is -2.39. The number of rotatable bonds is 6. The third-order valence-electron chi connectivity index (χ3n) is 2.38. The van der Waals surface area contributed by atoms with Gasteiger partial charge in [-0.05, 0) is 13.8 Å². The van der Waals surface area contributed by atoms with Crippen LogP contribution >= 0.6 is 23.2 Å². The molecule has 98 valence electrons. The monoisotopic (exact) mass is 276 g/mol. The van der Waals surface area contributed by atoms with Crippen LogP contribution in [-0.4, -0.2) is 60.4 Å².